The second-order valence-electron chi connectivity index (χ2n) is 18.8. The summed E-state index contributed by atoms with van der Waals surface area (Å²) in [6, 6.07) is 53.4. The van der Waals surface area contributed by atoms with Gasteiger partial charge in [0.2, 0.25) is 0 Å². The van der Waals surface area contributed by atoms with Crippen LogP contribution in [0.3, 0.4) is 0 Å². The van der Waals surface area contributed by atoms with Crippen molar-refractivity contribution in [2.75, 3.05) is 4.90 Å². The van der Waals surface area contributed by atoms with Crippen LogP contribution in [-0.2, 0) is 10.8 Å². The van der Waals surface area contributed by atoms with Crippen LogP contribution in [0, 0.1) is 52.4 Å². The van der Waals surface area contributed by atoms with Gasteiger partial charge in [-0.15, -0.1) is 0 Å². The minimum absolute atomic E-state index is 0.374. The van der Waals surface area contributed by atoms with Gasteiger partial charge in [-0.1, -0.05) is 159 Å². The van der Waals surface area contributed by atoms with Gasteiger partial charge in [0.05, 0.1) is 10.8 Å². The third-order valence-corrected chi connectivity index (χ3v) is 15.0. The third-order valence-electron chi connectivity index (χ3n) is 15.0. The first-order valence-corrected chi connectivity index (χ1v) is 24.1. The lowest BCUT2D eigenvalue weighted by Gasteiger charge is -2.36. The molecule has 2 atom stereocenters. The van der Waals surface area contributed by atoms with Crippen LogP contribution in [0.15, 0.2) is 207 Å². The minimum Gasteiger partial charge on any atom is -0.310 e. The number of benzene rings is 10. The molecule has 2 aliphatic rings. The van der Waals surface area contributed by atoms with Crippen LogP contribution >= 0.6 is 0 Å². The fourth-order valence-corrected chi connectivity index (χ4v) is 11.6. The van der Waals surface area contributed by atoms with Crippen molar-refractivity contribution in [3.63, 3.8) is 0 Å². The van der Waals surface area contributed by atoms with Crippen molar-refractivity contribution in [3.8, 4) is 33.4 Å². The normalized spacial score (nSPS) is 15.9. The second kappa shape index (κ2) is 18.1. The Morgan fingerprint density at radius 3 is 1.09 bits per heavy atom. The van der Waals surface area contributed by atoms with E-state index in [9.17, 15) is 4.39 Å². The van der Waals surface area contributed by atoms with Crippen molar-refractivity contribution in [1.82, 2.24) is 0 Å². The lowest BCUT2D eigenvalue weighted by molar-refractivity contribution is 0.399. The molecule has 0 heterocycles. The number of halogens is 9. The van der Waals surface area contributed by atoms with Crippen LogP contribution < -0.4 is 4.90 Å². The molecule has 1 nitrogen and oxygen atoms in total. The van der Waals surface area contributed by atoms with Gasteiger partial charge in [0.25, 0.3) is 0 Å². The number of nitrogens with zero attached hydrogens (tertiary/aromatic N) is 1. The van der Waals surface area contributed by atoms with Crippen LogP contribution in [-0.4, -0.2) is 0 Å². The number of rotatable bonds is 10. The standard InChI is InChI=1S/C66H38F9N/c1-3-37-13-21-41(22-14-37)65(55-35-57(68)61(72)63(74)59(55)70)51-11-7-5-9-47(51)49-31-29-45(33-53(49)65)76(44-27-19-40(20-28-44)39-17-25-43(67)26-18-39)46-30-32-50-48-10-6-8-12-52(48)66(54(50)34-46,42-23-15-38(4-2)16-24-42)56-36-58(69)62(73)64(75)60(56)71/h3-36H,1-2H2. The summed E-state index contributed by atoms with van der Waals surface area (Å²) in [6.45, 7) is 7.75. The predicted octanol–water partition coefficient (Wildman–Crippen LogP) is 18.1. The fourth-order valence-electron chi connectivity index (χ4n) is 11.6. The van der Waals surface area contributed by atoms with E-state index in [1.807, 2.05) is 65.6 Å². The Labute approximate surface area is 431 Å². The summed E-state index contributed by atoms with van der Waals surface area (Å²) in [6.07, 6.45) is 3.22. The van der Waals surface area contributed by atoms with E-state index in [-0.39, 0.29) is 0 Å². The number of hydrogen-bond acceptors (Lipinski definition) is 1. The van der Waals surface area contributed by atoms with Gasteiger partial charge in [-0.3, -0.25) is 0 Å². The van der Waals surface area contributed by atoms with Gasteiger partial charge in [-0.2, -0.15) is 0 Å². The molecular weight excluding hydrogens is 978 g/mol. The quantitative estimate of drug-likeness (QED) is 0.0750. The lowest BCUT2D eigenvalue weighted by Crippen LogP contribution is -2.31. The summed E-state index contributed by atoms with van der Waals surface area (Å²) in [5.74, 6) is -14.7. The number of anilines is 3. The Balaban J connectivity index is 1.17. The van der Waals surface area contributed by atoms with E-state index in [0.29, 0.717) is 102 Å². The first-order valence-electron chi connectivity index (χ1n) is 24.1. The highest BCUT2D eigenvalue weighted by atomic mass is 19.2. The van der Waals surface area contributed by atoms with E-state index in [4.69, 9.17) is 0 Å². The molecule has 76 heavy (non-hydrogen) atoms. The molecule has 0 amide bonds. The molecule has 0 saturated heterocycles. The monoisotopic (exact) mass is 1020 g/mol. The molecule has 12 rings (SSSR count). The predicted molar refractivity (Wildman–Crippen MR) is 281 cm³/mol. The molecule has 0 bridgehead atoms. The van der Waals surface area contributed by atoms with Crippen LogP contribution in [0.25, 0.3) is 45.5 Å². The maximum Gasteiger partial charge on any atom is 0.197 e. The smallest absolute Gasteiger partial charge is 0.197 e. The van der Waals surface area contributed by atoms with Gasteiger partial charge >= 0.3 is 0 Å². The van der Waals surface area contributed by atoms with Gasteiger partial charge in [-0.25, -0.2) is 39.5 Å². The van der Waals surface area contributed by atoms with Crippen molar-refractivity contribution in [3.05, 3.63) is 315 Å². The van der Waals surface area contributed by atoms with Crippen LogP contribution in [0.4, 0.5) is 56.6 Å². The van der Waals surface area contributed by atoms with Crippen LogP contribution in [0.1, 0.15) is 55.6 Å². The van der Waals surface area contributed by atoms with Crippen molar-refractivity contribution in [2.45, 2.75) is 10.8 Å². The van der Waals surface area contributed by atoms with Gasteiger partial charge in [0.1, 0.15) is 5.82 Å². The molecule has 10 aromatic rings. The Morgan fingerprint density at radius 2 is 0.684 bits per heavy atom. The molecule has 0 aromatic heterocycles. The van der Waals surface area contributed by atoms with E-state index < -0.39 is 74.3 Å². The lowest BCUT2D eigenvalue weighted by atomic mass is 9.67. The van der Waals surface area contributed by atoms with Crippen molar-refractivity contribution >= 4 is 29.2 Å². The van der Waals surface area contributed by atoms with E-state index in [1.54, 1.807) is 121 Å². The molecule has 10 heteroatoms. The molecule has 0 fully saturated rings. The molecule has 0 N–H and O–H groups in total. The topological polar surface area (TPSA) is 3.24 Å². The molecule has 0 spiro atoms. The van der Waals surface area contributed by atoms with Crippen molar-refractivity contribution in [2.24, 2.45) is 0 Å². The van der Waals surface area contributed by atoms with E-state index in [1.165, 1.54) is 12.1 Å². The molecule has 2 aliphatic carbocycles. The molecule has 10 aromatic carbocycles. The zero-order valence-electron chi connectivity index (χ0n) is 39.9. The van der Waals surface area contributed by atoms with Crippen LogP contribution in [0.5, 0.6) is 0 Å². The zero-order valence-corrected chi connectivity index (χ0v) is 39.9. The maximum absolute atomic E-state index is 17.0. The average Bonchev–Trinajstić information content (AvgIpc) is 4.14. The highest BCUT2D eigenvalue weighted by Crippen LogP contribution is 2.60. The Kier molecular flexibility index (Phi) is 11.4. The number of hydrogen-bond donors (Lipinski definition) is 0. The van der Waals surface area contributed by atoms with Gasteiger partial charge < -0.3 is 4.90 Å². The largest absolute Gasteiger partial charge is 0.310 e. The van der Waals surface area contributed by atoms with Crippen molar-refractivity contribution < 1.29 is 39.5 Å². The SMILES string of the molecule is C=Cc1ccc(C2(c3cc(F)c(F)c(F)c3F)c3ccccc3-c3ccc(N(c4ccc(-c5ccc(F)cc5)cc4)c4ccc5c(c4)C(c4ccc(C=C)cc4)(c4cc(F)c(F)c(F)c4F)c4ccccc4-5)cc32)cc1. The zero-order chi connectivity index (χ0) is 52.8. The maximum atomic E-state index is 17.0. The minimum atomic E-state index is -1.99. The Morgan fingerprint density at radius 1 is 0.316 bits per heavy atom. The van der Waals surface area contributed by atoms with E-state index in [0.717, 1.165) is 5.56 Å². The highest BCUT2D eigenvalue weighted by Gasteiger charge is 2.51. The summed E-state index contributed by atoms with van der Waals surface area (Å²) in [5, 5.41) is 0. The summed E-state index contributed by atoms with van der Waals surface area (Å²) in [5.41, 5.74) is 4.39. The molecular formula is C66H38F9N. The molecule has 0 saturated carbocycles. The molecule has 0 aliphatic heterocycles. The fraction of sp³-hybridized carbons (Fsp3) is 0.0303. The molecule has 0 radical (unpaired) electrons. The van der Waals surface area contributed by atoms with Gasteiger partial charge in [-0.05, 0) is 139 Å². The van der Waals surface area contributed by atoms with Gasteiger partial charge in [0.15, 0.2) is 46.5 Å². The summed E-state index contributed by atoms with van der Waals surface area (Å²) in [4.78, 5) is 1.85. The summed E-state index contributed by atoms with van der Waals surface area (Å²) in [7, 11) is 0. The van der Waals surface area contributed by atoms with Crippen LogP contribution in [0.2, 0.25) is 0 Å². The summed E-state index contributed by atoms with van der Waals surface area (Å²) >= 11 is 0. The van der Waals surface area contributed by atoms with Gasteiger partial charge in [0, 0.05) is 28.2 Å². The summed E-state index contributed by atoms with van der Waals surface area (Å²) < 4.78 is 141. The highest BCUT2D eigenvalue weighted by molar-refractivity contribution is 5.92. The van der Waals surface area contributed by atoms with E-state index in [2.05, 4.69) is 13.2 Å². The average molecular weight is 1020 g/mol. The third kappa shape index (κ3) is 6.96. The molecule has 2 unspecified atom stereocenters. The second-order valence-corrected chi connectivity index (χ2v) is 18.8. The Bertz CT molecular complexity index is 3800. The first-order chi connectivity index (χ1) is 36.8. The number of fused-ring (bicyclic) bond motifs is 6. The van der Waals surface area contributed by atoms with E-state index >= 15 is 35.1 Å². The Hall–Kier alpha value is -9.15. The first kappa shape index (κ1) is 47.8. The molecule has 370 valence electrons. The van der Waals surface area contributed by atoms with Crippen molar-refractivity contribution in [1.29, 1.82) is 0 Å².